The van der Waals surface area contributed by atoms with Gasteiger partial charge in [0.1, 0.15) is 5.75 Å². The van der Waals surface area contributed by atoms with Crippen LogP contribution in [0.2, 0.25) is 0 Å². The van der Waals surface area contributed by atoms with Gasteiger partial charge in [0.15, 0.2) is 0 Å². The topological polar surface area (TPSA) is 48.1 Å². The van der Waals surface area contributed by atoms with Crippen molar-refractivity contribution in [1.29, 1.82) is 0 Å². The average molecular weight is 296 g/mol. The second kappa shape index (κ2) is 6.58. The molecule has 0 saturated heterocycles. The van der Waals surface area contributed by atoms with Crippen molar-refractivity contribution in [2.75, 3.05) is 6.54 Å². The maximum Gasteiger partial charge on any atom is 0.429 e. The van der Waals surface area contributed by atoms with E-state index in [1.165, 1.54) is 30.5 Å². The zero-order chi connectivity index (χ0) is 15.3. The number of benzene rings is 1. The molecule has 2 rings (SSSR count). The minimum atomic E-state index is -4.51. The molecule has 3 nitrogen and oxygen atoms in total. The van der Waals surface area contributed by atoms with Gasteiger partial charge in [-0.15, -0.1) is 0 Å². The standard InChI is InChI=1S/C15H15F3N2O/c16-15(17,18)14(12-2-1-9-20-10-12)21-13-5-3-11(4-6-13)7-8-19/h1-6,9-10,14H,7-8,19H2. The van der Waals surface area contributed by atoms with Crippen LogP contribution >= 0.6 is 0 Å². The van der Waals surface area contributed by atoms with Crippen LogP contribution in [-0.2, 0) is 6.42 Å². The van der Waals surface area contributed by atoms with Crippen LogP contribution in [0.25, 0.3) is 0 Å². The SMILES string of the molecule is NCCc1ccc(OC(c2cccnc2)C(F)(F)F)cc1. The van der Waals surface area contributed by atoms with Crippen LogP contribution in [0.3, 0.4) is 0 Å². The van der Waals surface area contributed by atoms with Crippen molar-refractivity contribution < 1.29 is 17.9 Å². The molecule has 1 unspecified atom stereocenters. The Morgan fingerprint density at radius 3 is 2.38 bits per heavy atom. The summed E-state index contributed by atoms with van der Waals surface area (Å²) >= 11 is 0. The summed E-state index contributed by atoms with van der Waals surface area (Å²) in [6, 6.07) is 9.23. The number of halogens is 3. The Morgan fingerprint density at radius 1 is 1.14 bits per heavy atom. The Labute approximate surface area is 120 Å². The third-order valence-corrected chi connectivity index (χ3v) is 2.89. The van der Waals surface area contributed by atoms with Crippen LogP contribution < -0.4 is 10.5 Å². The molecule has 21 heavy (non-hydrogen) atoms. The highest BCUT2D eigenvalue weighted by Gasteiger charge is 2.43. The van der Waals surface area contributed by atoms with Gasteiger partial charge in [0.05, 0.1) is 0 Å². The molecule has 0 spiro atoms. The summed E-state index contributed by atoms with van der Waals surface area (Å²) in [5.74, 6) is 0.155. The molecule has 2 aromatic rings. The minimum Gasteiger partial charge on any atom is -0.476 e. The predicted molar refractivity (Wildman–Crippen MR) is 72.9 cm³/mol. The number of alkyl halides is 3. The summed E-state index contributed by atoms with van der Waals surface area (Å²) < 4.78 is 44.5. The van der Waals surface area contributed by atoms with Gasteiger partial charge in [-0.1, -0.05) is 18.2 Å². The molecule has 112 valence electrons. The molecule has 1 aromatic heterocycles. The Morgan fingerprint density at radius 2 is 1.86 bits per heavy atom. The van der Waals surface area contributed by atoms with Crippen LogP contribution in [0.4, 0.5) is 13.2 Å². The fraction of sp³-hybridized carbons (Fsp3) is 0.267. The number of ether oxygens (including phenoxy) is 1. The van der Waals surface area contributed by atoms with E-state index in [1.807, 2.05) is 0 Å². The molecule has 1 atom stereocenters. The van der Waals surface area contributed by atoms with Crippen molar-refractivity contribution in [2.45, 2.75) is 18.7 Å². The summed E-state index contributed by atoms with van der Waals surface area (Å²) in [4.78, 5) is 3.71. The lowest BCUT2D eigenvalue weighted by Gasteiger charge is -2.22. The van der Waals surface area contributed by atoms with Gasteiger partial charge in [0, 0.05) is 18.0 Å². The van der Waals surface area contributed by atoms with Crippen molar-refractivity contribution in [3.63, 3.8) is 0 Å². The molecule has 0 radical (unpaired) electrons. The molecular weight excluding hydrogens is 281 g/mol. The number of nitrogens with zero attached hydrogens (tertiary/aromatic N) is 1. The van der Waals surface area contributed by atoms with E-state index in [9.17, 15) is 13.2 Å². The molecule has 0 bridgehead atoms. The van der Waals surface area contributed by atoms with Crippen molar-refractivity contribution in [1.82, 2.24) is 4.98 Å². The summed E-state index contributed by atoms with van der Waals surface area (Å²) in [7, 11) is 0. The predicted octanol–water partition coefficient (Wildman–Crippen LogP) is 3.27. The highest BCUT2D eigenvalue weighted by Crippen LogP contribution is 2.36. The third kappa shape index (κ3) is 4.19. The molecular formula is C15H15F3N2O. The molecule has 0 aliphatic rings. The van der Waals surface area contributed by atoms with E-state index in [1.54, 1.807) is 12.1 Å². The normalized spacial score (nSPS) is 13.0. The Hall–Kier alpha value is -2.08. The van der Waals surface area contributed by atoms with Crippen LogP contribution in [0.15, 0.2) is 48.8 Å². The fourth-order valence-electron chi connectivity index (χ4n) is 1.89. The molecule has 1 heterocycles. The van der Waals surface area contributed by atoms with Crippen molar-refractivity contribution in [3.05, 3.63) is 59.9 Å². The zero-order valence-corrected chi connectivity index (χ0v) is 11.2. The first kappa shape index (κ1) is 15.3. The summed E-state index contributed by atoms with van der Waals surface area (Å²) in [5.41, 5.74) is 6.35. The van der Waals surface area contributed by atoms with E-state index in [4.69, 9.17) is 10.5 Å². The van der Waals surface area contributed by atoms with Crippen LogP contribution in [-0.4, -0.2) is 17.7 Å². The fourth-order valence-corrected chi connectivity index (χ4v) is 1.89. The smallest absolute Gasteiger partial charge is 0.429 e. The van der Waals surface area contributed by atoms with E-state index in [-0.39, 0.29) is 11.3 Å². The summed E-state index contributed by atoms with van der Waals surface area (Å²) in [6.45, 7) is 0.487. The number of hydrogen-bond acceptors (Lipinski definition) is 3. The summed E-state index contributed by atoms with van der Waals surface area (Å²) in [6.07, 6.45) is -3.31. The first-order valence-electron chi connectivity index (χ1n) is 6.43. The lowest BCUT2D eigenvalue weighted by atomic mass is 10.1. The highest BCUT2D eigenvalue weighted by molar-refractivity contribution is 5.29. The molecule has 0 saturated carbocycles. The highest BCUT2D eigenvalue weighted by atomic mass is 19.4. The van der Waals surface area contributed by atoms with Gasteiger partial charge in [-0.2, -0.15) is 13.2 Å². The van der Waals surface area contributed by atoms with Gasteiger partial charge in [0.2, 0.25) is 6.10 Å². The van der Waals surface area contributed by atoms with Gasteiger partial charge in [-0.05, 0) is 36.7 Å². The number of rotatable bonds is 5. The third-order valence-electron chi connectivity index (χ3n) is 2.89. The Balaban J connectivity index is 2.20. The molecule has 2 N–H and O–H groups in total. The zero-order valence-electron chi connectivity index (χ0n) is 11.2. The van der Waals surface area contributed by atoms with Crippen molar-refractivity contribution in [2.24, 2.45) is 5.73 Å². The molecule has 0 aliphatic carbocycles. The maximum atomic E-state index is 13.1. The van der Waals surface area contributed by atoms with Gasteiger partial charge in [-0.25, -0.2) is 0 Å². The average Bonchev–Trinajstić information content (AvgIpc) is 2.46. The number of pyridine rings is 1. The van der Waals surface area contributed by atoms with Crippen LogP contribution in [0.5, 0.6) is 5.75 Å². The van der Waals surface area contributed by atoms with E-state index in [2.05, 4.69) is 4.98 Å². The maximum absolute atomic E-state index is 13.1. The van der Waals surface area contributed by atoms with Crippen LogP contribution in [0, 0.1) is 0 Å². The van der Waals surface area contributed by atoms with Crippen molar-refractivity contribution in [3.8, 4) is 5.75 Å². The lowest BCUT2D eigenvalue weighted by Crippen LogP contribution is -2.26. The number of nitrogens with two attached hydrogens (primary N) is 1. The van der Waals surface area contributed by atoms with Gasteiger partial charge in [-0.3, -0.25) is 4.98 Å². The molecule has 0 amide bonds. The number of hydrogen-bond donors (Lipinski definition) is 1. The minimum absolute atomic E-state index is 0.0314. The van der Waals surface area contributed by atoms with Crippen molar-refractivity contribution >= 4 is 0 Å². The molecule has 0 aliphatic heterocycles. The number of aromatic nitrogens is 1. The molecule has 6 heteroatoms. The van der Waals surface area contributed by atoms with E-state index < -0.39 is 12.3 Å². The lowest BCUT2D eigenvalue weighted by molar-refractivity contribution is -0.198. The second-order valence-electron chi connectivity index (χ2n) is 4.51. The first-order valence-corrected chi connectivity index (χ1v) is 6.43. The van der Waals surface area contributed by atoms with Gasteiger partial charge >= 0.3 is 6.18 Å². The quantitative estimate of drug-likeness (QED) is 0.921. The second-order valence-corrected chi connectivity index (χ2v) is 4.51. The Kier molecular flexibility index (Phi) is 4.80. The largest absolute Gasteiger partial charge is 0.476 e. The monoisotopic (exact) mass is 296 g/mol. The van der Waals surface area contributed by atoms with E-state index >= 15 is 0 Å². The Bertz CT molecular complexity index is 555. The summed E-state index contributed by atoms with van der Waals surface area (Å²) in [5, 5.41) is 0. The molecule has 1 aromatic carbocycles. The van der Waals surface area contributed by atoms with Crippen LogP contribution in [0.1, 0.15) is 17.2 Å². The van der Waals surface area contributed by atoms with Gasteiger partial charge < -0.3 is 10.5 Å². The first-order chi connectivity index (χ1) is 10.0. The van der Waals surface area contributed by atoms with Gasteiger partial charge in [0.25, 0.3) is 0 Å². The molecule has 0 fully saturated rings. The van der Waals surface area contributed by atoms with E-state index in [0.717, 1.165) is 11.8 Å². The van der Waals surface area contributed by atoms with E-state index in [0.29, 0.717) is 13.0 Å².